The molecule has 3 rings (SSSR count). The first-order chi connectivity index (χ1) is 10.1. The number of hydrogen-bond acceptors (Lipinski definition) is 5. The van der Waals surface area contributed by atoms with Crippen molar-refractivity contribution in [3.63, 3.8) is 0 Å². The molecule has 1 aromatic heterocycles. The molecule has 0 fully saturated rings. The van der Waals surface area contributed by atoms with Gasteiger partial charge in [-0.3, -0.25) is 4.79 Å². The second-order valence-electron chi connectivity index (χ2n) is 5.07. The van der Waals surface area contributed by atoms with Crippen LogP contribution >= 0.6 is 0 Å². The molecule has 1 aromatic carbocycles. The van der Waals surface area contributed by atoms with Crippen LogP contribution in [0.5, 0.6) is 0 Å². The first-order valence-electron chi connectivity index (χ1n) is 6.51. The Labute approximate surface area is 120 Å². The van der Waals surface area contributed by atoms with Gasteiger partial charge in [0.15, 0.2) is 0 Å². The summed E-state index contributed by atoms with van der Waals surface area (Å²) < 4.78 is 1.56. The van der Waals surface area contributed by atoms with Gasteiger partial charge in [-0.25, -0.2) is 4.68 Å². The third kappa shape index (κ3) is 2.31. The minimum atomic E-state index is -0.940. The Bertz CT molecular complexity index is 746. The summed E-state index contributed by atoms with van der Waals surface area (Å²) >= 11 is 0. The van der Waals surface area contributed by atoms with Crippen LogP contribution in [0, 0.1) is 11.3 Å². The van der Waals surface area contributed by atoms with Crippen LogP contribution in [0.3, 0.4) is 0 Å². The average Bonchev–Trinajstić information content (AvgIpc) is 2.86. The van der Waals surface area contributed by atoms with Gasteiger partial charge in [-0.05, 0) is 24.1 Å². The van der Waals surface area contributed by atoms with Crippen LogP contribution in [-0.4, -0.2) is 25.8 Å². The molecule has 7 nitrogen and oxygen atoms in total. The van der Waals surface area contributed by atoms with Crippen LogP contribution in [0.15, 0.2) is 24.3 Å². The highest BCUT2D eigenvalue weighted by molar-refractivity contribution is 5.75. The lowest BCUT2D eigenvalue weighted by Crippen LogP contribution is -2.28. The molecule has 0 saturated carbocycles. The second kappa shape index (κ2) is 4.90. The molecule has 0 aliphatic carbocycles. The number of carboxylic acids is 1. The van der Waals surface area contributed by atoms with Crippen molar-refractivity contribution in [2.45, 2.75) is 24.8 Å². The van der Waals surface area contributed by atoms with E-state index in [1.54, 1.807) is 22.9 Å². The van der Waals surface area contributed by atoms with E-state index < -0.39 is 11.9 Å². The van der Waals surface area contributed by atoms with E-state index in [9.17, 15) is 9.90 Å². The Balaban J connectivity index is 1.99. The van der Waals surface area contributed by atoms with Crippen molar-refractivity contribution in [2.24, 2.45) is 0 Å². The lowest BCUT2D eigenvalue weighted by Gasteiger charge is -2.27. The van der Waals surface area contributed by atoms with E-state index in [0.717, 1.165) is 5.56 Å². The van der Waals surface area contributed by atoms with Gasteiger partial charge in [0.2, 0.25) is 5.95 Å². The number of aromatic nitrogens is 3. The van der Waals surface area contributed by atoms with E-state index in [0.29, 0.717) is 24.4 Å². The third-order valence-electron chi connectivity index (χ3n) is 3.73. The molecular formula is C14H13N5O2. The number of nitrogens with zero attached hydrogens (tertiary/aromatic N) is 4. The molecule has 2 heterocycles. The molecule has 0 radical (unpaired) electrons. The number of carboxylic acid groups (broad SMARTS) is 1. The van der Waals surface area contributed by atoms with Crippen molar-refractivity contribution >= 4 is 11.9 Å². The van der Waals surface area contributed by atoms with E-state index in [1.807, 2.05) is 6.07 Å². The van der Waals surface area contributed by atoms with Crippen LogP contribution in [0.2, 0.25) is 0 Å². The SMILES string of the molecule is N#Cc1cccc(C2CC(C(=O)O)c3nc(N)nn3C2)c1. The predicted molar refractivity (Wildman–Crippen MR) is 73.3 cm³/mol. The normalized spacial score (nSPS) is 20.5. The number of fused-ring (bicyclic) bond motifs is 1. The van der Waals surface area contributed by atoms with E-state index in [1.165, 1.54) is 0 Å². The summed E-state index contributed by atoms with van der Waals surface area (Å²) in [5.74, 6) is -1.23. The van der Waals surface area contributed by atoms with Gasteiger partial charge in [0.1, 0.15) is 11.7 Å². The van der Waals surface area contributed by atoms with E-state index in [4.69, 9.17) is 11.0 Å². The number of hydrogen-bond donors (Lipinski definition) is 2. The fourth-order valence-electron chi connectivity index (χ4n) is 2.75. The van der Waals surface area contributed by atoms with Crippen LogP contribution in [0.1, 0.15) is 35.2 Å². The third-order valence-corrected chi connectivity index (χ3v) is 3.73. The fourth-order valence-corrected chi connectivity index (χ4v) is 2.75. The van der Waals surface area contributed by atoms with Crippen molar-refractivity contribution in [3.05, 3.63) is 41.2 Å². The zero-order valence-electron chi connectivity index (χ0n) is 11.1. The highest BCUT2D eigenvalue weighted by atomic mass is 16.4. The Kier molecular flexibility index (Phi) is 3.06. The zero-order valence-corrected chi connectivity index (χ0v) is 11.1. The number of aliphatic carboxylic acids is 1. The molecule has 0 bridgehead atoms. The maximum Gasteiger partial charge on any atom is 0.314 e. The molecule has 0 amide bonds. The average molecular weight is 283 g/mol. The van der Waals surface area contributed by atoms with Gasteiger partial charge in [0.25, 0.3) is 0 Å². The maximum absolute atomic E-state index is 11.5. The Morgan fingerprint density at radius 1 is 1.52 bits per heavy atom. The molecule has 2 aromatic rings. The quantitative estimate of drug-likeness (QED) is 0.851. The summed E-state index contributed by atoms with van der Waals surface area (Å²) in [6, 6.07) is 9.30. The summed E-state index contributed by atoms with van der Waals surface area (Å²) in [5, 5.41) is 22.4. The number of nitriles is 1. The molecule has 2 unspecified atom stereocenters. The number of benzene rings is 1. The van der Waals surface area contributed by atoms with E-state index in [2.05, 4.69) is 16.2 Å². The topological polar surface area (TPSA) is 118 Å². The molecule has 0 spiro atoms. The first-order valence-corrected chi connectivity index (χ1v) is 6.51. The second-order valence-corrected chi connectivity index (χ2v) is 5.07. The zero-order chi connectivity index (χ0) is 15.0. The van der Waals surface area contributed by atoms with Crippen molar-refractivity contribution in [3.8, 4) is 6.07 Å². The van der Waals surface area contributed by atoms with Gasteiger partial charge < -0.3 is 10.8 Å². The lowest BCUT2D eigenvalue weighted by atomic mass is 9.85. The largest absolute Gasteiger partial charge is 0.481 e. The Hall–Kier alpha value is -2.88. The summed E-state index contributed by atoms with van der Waals surface area (Å²) in [4.78, 5) is 15.5. The smallest absolute Gasteiger partial charge is 0.314 e. The maximum atomic E-state index is 11.5. The van der Waals surface area contributed by atoms with Crippen molar-refractivity contribution < 1.29 is 9.90 Å². The van der Waals surface area contributed by atoms with Crippen molar-refractivity contribution in [1.29, 1.82) is 5.26 Å². The van der Waals surface area contributed by atoms with Crippen molar-refractivity contribution in [2.75, 3.05) is 5.73 Å². The van der Waals surface area contributed by atoms with Crippen molar-refractivity contribution in [1.82, 2.24) is 14.8 Å². The summed E-state index contributed by atoms with van der Waals surface area (Å²) in [6.07, 6.45) is 0.419. The minimum Gasteiger partial charge on any atom is -0.481 e. The molecule has 7 heteroatoms. The Morgan fingerprint density at radius 2 is 2.33 bits per heavy atom. The summed E-state index contributed by atoms with van der Waals surface area (Å²) in [7, 11) is 0. The number of rotatable bonds is 2. The first kappa shape index (κ1) is 13.1. The number of nitrogen functional groups attached to an aromatic ring is 1. The number of nitrogens with two attached hydrogens (primary N) is 1. The summed E-state index contributed by atoms with van der Waals surface area (Å²) in [5.41, 5.74) is 7.06. The van der Waals surface area contributed by atoms with Crippen LogP contribution in [0.25, 0.3) is 0 Å². The van der Waals surface area contributed by atoms with Crippen LogP contribution in [0.4, 0.5) is 5.95 Å². The molecule has 0 saturated heterocycles. The highest BCUT2D eigenvalue weighted by Crippen LogP contribution is 2.36. The van der Waals surface area contributed by atoms with Gasteiger partial charge in [-0.2, -0.15) is 10.2 Å². The lowest BCUT2D eigenvalue weighted by molar-refractivity contribution is -0.139. The molecular weight excluding hydrogens is 270 g/mol. The van der Waals surface area contributed by atoms with Crippen LogP contribution in [-0.2, 0) is 11.3 Å². The standard InChI is InChI=1S/C14H13N5O2/c15-6-8-2-1-3-9(4-8)10-5-11(13(20)21)12-17-14(16)18-19(12)7-10/h1-4,10-11H,5,7H2,(H2,16,18)(H,20,21). The van der Waals surface area contributed by atoms with E-state index in [-0.39, 0.29) is 11.9 Å². The summed E-state index contributed by atoms with van der Waals surface area (Å²) in [6.45, 7) is 0.512. The number of carbonyl (C=O) groups is 1. The molecule has 2 atom stereocenters. The number of anilines is 1. The van der Waals surface area contributed by atoms with E-state index >= 15 is 0 Å². The van der Waals surface area contributed by atoms with Gasteiger partial charge in [0.05, 0.1) is 18.2 Å². The van der Waals surface area contributed by atoms with Crippen LogP contribution < -0.4 is 5.73 Å². The fraction of sp³-hybridized carbons (Fsp3) is 0.286. The highest BCUT2D eigenvalue weighted by Gasteiger charge is 2.35. The van der Waals surface area contributed by atoms with Gasteiger partial charge in [-0.1, -0.05) is 12.1 Å². The van der Waals surface area contributed by atoms with Gasteiger partial charge >= 0.3 is 5.97 Å². The molecule has 3 N–H and O–H groups in total. The Morgan fingerprint density at radius 3 is 3.05 bits per heavy atom. The van der Waals surface area contributed by atoms with Gasteiger partial charge in [0, 0.05) is 5.92 Å². The molecule has 1 aliphatic rings. The minimum absolute atomic E-state index is 0.0343. The predicted octanol–water partition coefficient (Wildman–Crippen LogP) is 1.09. The molecule has 106 valence electrons. The molecule has 21 heavy (non-hydrogen) atoms. The van der Waals surface area contributed by atoms with Gasteiger partial charge in [-0.15, -0.1) is 5.10 Å². The molecule has 1 aliphatic heterocycles. The monoisotopic (exact) mass is 283 g/mol.